The zero-order valence-electron chi connectivity index (χ0n) is 13.8. The zero-order chi connectivity index (χ0) is 17.1. The smallest absolute Gasteiger partial charge is 0.263 e. The summed E-state index contributed by atoms with van der Waals surface area (Å²) < 4.78 is 7.78. The number of nitriles is 1. The lowest BCUT2D eigenvalue weighted by Gasteiger charge is -2.30. The highest BCUT2D eigenvalue weighted by atomic mass is 16.5. The van der Waals surface area contributed by atoms with E-state index in [1.54, 1.807) is 36.1 Å². The number of para-hydroxylation sites is 1. The Hall–Kier alpha value is -2.88. The van der Waals surface area contributed by atoms with Gasteiger partial charge in [0.1, 0.15) is 17.6 Å². The summed E-state index contributed by atoms with van der Waals surface area (Å²) in [6, 6.07) is 8.98. The van der Waals surface area contributed by atoms with Crippen molar-refractivity contribution in [3.63, 3.8) is 0 Å². The lowest BCUT2D eigenvalue weighted by atomic mass is 10.2. The highest BCUT2D eigenvalue weighted by Gasteiger charge is 2.28. The second kappa shape index (κ2) is 6.71. The monoisotopic (exact) mass is 325 g/mol. The number of nitrogens with zero attached hydrogens (tertiary/aromatic N) is 5. The first-order chi connectivity index (χ1) is 11.6. The Balaban J connectivity index is 1.69. The van der Waals surface area contributed by atoms with E-state index in [-0.39, 0.29) is 5.91 Å². The van der Waals surface area contributed by atoms with Crippen molar-refractivity contribution in [2.24, 2.45) is 0 Å². The minimum absolute atomic E-state index is 0.116. The summed E-state index contributed by atoms with van der Waals surface area (Å²) >= 11 is 0. The number of fused-ring (bicyclic) bond motifs is 1. The third-order valence-electron chi connectivity index (χ3n) is 4.12. The molecule has 0 fully saturated rings. The van der Waals surface area contributed by atoms with Crippen LogP contribution in [-0.2, 0) is 24.3 Å². The van der Waals surface area contributed by atoms with Crippen LogP contribution < -0.4 is 4.74 Å². The van der Waals surface area contributed by atoms with E-state index in [9.17, 15) is 4.79 Å². The summed E-state index contributed by atoms with van der Waals surface area (Å²) in [6.07, 6.45) is 0.158. The van der Waals surface area contributed by atoms with E-state index in [1.165, 1.54) is 0 Å². The summed E-state index contributed by atoms with van der Waals surface area (Å²) in [5.74, 6) is 2.06. The van der Waals surface area contributed by atoms with Gasteiger partial charge in [0.15, 0.2) is 11.9 Å². The Morgan fingerprint density at radius 1 is 1.38 bits per heavy atom. The Bertz CT molecular complexity index is 793. The molecule has 0 saturated carbocycles. The summed E-state index contributed by atoms with van der Waals surface area (Å²) in [6.45, 7) is 5.47. The molecule has 24 heavy (non-hydrogen) atoms. The molecule has 0 saturated heterocycles. The van der Waals surface area contributed by atoms with Crippen LogP contribution >= 0.6 is 0 Å². The van der Waals surface area contributed by atoms with Crippen LogP contribution in [-0.4, -0.2) is 38.2 Å². The SMILES string of the molecule is CCc1nnc2n1CCN(C(=O)[C@H](C)Oc1ccccc1C#N)C2. The Morgan fingerprint density at radius 2 is 2.17 bits per heavy atom. The molecule has 1 aliphatic heterocycles. The van der Waals surface area contributed by atoms with Gasteiger partial charge in [0, 0.05) is 19.5 Å². The molecule has 0 aliphatic carbocycles. The van der Waals surface area contributed by atoms with E-state index in [1.807, 2.05) is 6.92 Å². The summed E-state index contributed by atoms with van der Waals surface area (Å²) in [5, 5.41) is 17.4. The van der Waals surface area contributed by atoms with Crippen molar-refractivity contribution < 1.29 is 9.53 Å². The molecule has 7 nitrogen and oxygen atoms in total. The molecule has 2 heterocycles. The van der Waals surface area contributed by atoms with E-state index in [0.29, 0.717) is 30.9 Å². The Kier molecular flexibility index (Phi) is 4.47. The van der Waals surface area contributed by atoms with Gasteiger partial charge in [-0.25, -0.2) is 0 Å². The highest BCUT2D eigenvalue weighted by molar-refractivity contribution is 5.81. The summed E-state index contributed by atoms with van der Waals surface area (Å²) in [7, 11) is 0. The maximum Gasteiger partial charge on any atom is 0.263 e. The van der Waals surface area contributed by atoms with Crippen LogP contribution in [0.4, 0.5) is 0 Å². The molecule has 1 atom stereocenters. The first-order valence-corrected chi connectivity index (χ1v) is 7.99. The first kappa shape index (κ1) is 16.0. The largest absolute Gasteiger partial charge is 0.480 e. The number of carbonyl (C=O) groups excluding carboxylic acids is 1. The van der Waals surface area contributed by atoms with Gasteiger partial charge in [-0.15, -0.1) is 10.2 Å². The van der Waals surface area contributed by atoms with Crippen molar-refractivity contribution in [2.45, 2.75) is 39.5 Å². The molecule has 0 bridgehead atoms. The predicted molar refractivity (Wildman–Crippen MR) is 86.1 cm³/mol. The van der Waals surface area contributed by atoms with Gasteiger partial charge < -0.3 is 14.2 Å². The molecule has 1 aliphatic rings. The number of benzene rings is 1. The minimum Gasteiger partial charge on any atom is -0.480 e. The third kappa shape index (κ3) is 2.95. The van der Waals surface area contributed by atoms with Crippen molar-refractivity contribution in [1.29, 1.82) is 5.26 Å². The summed E-state index contributed by atoms with van der Waals surface area (Å²) in [5.41, 5.74) is 0.420. The van der Waals surface area contributed by atoms with E-state index in [0.717, 1.165) is 18.1 Å². The standard InChI is InChI=1S/C17H19N5O2/c1-3-15-19-20-16-11-21(8-9-22(15)16)17(23)12(2)24-14-7-5-4-6-13(14)10-18/h4-7,12H,3,8-9,11H2,1-2H3/t12-/m0/s1. The number of hydrogen-bond acceptors (Lipinski definition) is 5. The quantitative estimate of drug-likeness (QED) is 0.851. The highest BCUT2D eigenvalue weighted by Crippen LogP contribution is 2.20. The lowest BCUT2D eigenvalue weighted by molar-refractivity contribution is -0.139. The van der Waals surface area contributed by atoms with Crippen LogP contribution in [0.2, 0.25) is 0 Å². The molecule has 124 valence electrons. The molecule has 0 radical (unpaired) electrons. The van der Waals surface area contributed by atoms with Gasteiger partial charge in [-0.3, -0.25) is 4.79 Å². The third-order valence-corrected chi connectivity index (χ3v) is 4.12. The van der Waals surface area contributed by atoms with E-state index in [2.05, 4.69) is 20.8 Å². The van der Waals surface area contributed by atoms with Crippen molar-refractivity contribution in [3.05, 3.63) is 41.5 Å². The van der Waals surface area contributed by atoms with Gasteiger partial charge in [0.05, 0.1) is 12.1 Å². The summed E-state index contributed by atoms with van der Waals surface area (Å²) in [4.78, 5) is 14.4. The number of ether oxygens (including phenoxy) is 1. The van der Waals surface area contributed by atoms with Crippen molar-refractivity contribution in [1.82, 2.24) is 19.7 Å². The molecular formula is C17H19N5O2. The Labute approximate surface area is 140 Å². The topological polar surface area (TPSA) is 84.0 Å². The van der Waals surface area contributed by atoms with Crippen molar-refractivity contribution >= 4 is 5.91 Å². The normalized spacial score (nSPS) is 14.6. The van der Waals surface area contributed by atoms with Crippen LogP contribution in [0, 0.1) is 11.3 Å². The van der Waals surface area contributed by atoms with Crippen LogP contribution in [0.3, 0.4) is 0 Å². The van der Waals surface area contributed by atoms with Crippen LogP contribution in [0.1, 0.15) is 31.1 Å². The number of carbonyl (C=O) groups is 1. The van der Waals surface area contributed by atoms with Crippen molar-refractivity contribution in [3.8, 4) is 11.8 Å². The van der Waals surface area contributed by atoms with Crippen molar-refractivity contribution in [2.75, 3.05) is 6.54 Å². The van der Waals surface area contributed by atoms with Gasteiger partial charge >= 0.3 is 0 Å². The van der Waals surface area contributed by atoms with Crippen LogP contribution in [0.25, 0.3) is 0 Å². The lowest BCUT2D eigenvalue weighted by Crippen LogP contribution is -2.44. The number of rotatable bonds is 4. The average Bonchev–Trinajstić information content (AvgIpc) is 3.03. The molecule has 0 spiro atoms. The predicted octanol–water partition coefficient (Wildman–Crippen LogP) is 1.52. The first-order valence-electron chi connectivity index (χ1n) is 7.99. The average molecular weight is 325 g/mol. The number of aromatic nitrogens is 3. The van der Waals surface area contributed by atoms with Gasteiger partial charge in [0.25, 0.3) is 5.91 Å². The second-order valence-corrected chi connectivity index (χ2v) is 5.67. The zero-order valence-corrected chi connectivity index (χ0v) is 13.8. The fourth-order valence-electron chi connectivity index (χ4n) is 2.83. The molecule has 1 aromatic carbocycles. The number of amides is 1. The number of aryl methyl sites for hydroxylation is 1. The van der Waals surface area contributed by atoms with E-state index >= 15 is 0 Å². The fraction of sp³-hybridized carbons (Fsp3) is 0.412. The van der Waals surface area contributed by atoms with Gasteiger partial charge in [-0.1, -0.05) is 19.1 Å². The number of hydrogen-bond donors (Lipinski definition) is 0. The molecular weight excluding hydrogens is 306 g/mol. The van der Waals surface area contributed by atoms with Gasteiger partial charge in [-0.2, -0.15) is 5.26 Å². The molecule has 2 aromatic rings. The fourth-order valence-corrected chi connectivity index (χ4v) is 2.83. The minimum atomic E-state index is -0.667. The molecule has 0 N–H and O–H groups in total. The molecule has 7 heteroatoms. The van der Waals surface area contributed by atoms with Crippen LogP contribution in [0.15, 0.2) is 24.3 Å². The molecule has 1 aromatic heterocycles. The molecule has 0 unspecified atom stereocenters. The van der Waals surface area contributed by atoms with Gasteiger partial charge in [0.2, 0.25) is 0 Å². The molecule has 1 amide bonds. The second-order valence-electron chi connectivity index (χ2n) is 5.67. The van der Waals surface area contributed by atoms with Crippen LogP contribution in [0.5, 0.6) is 5.75 Å². The maximum atomic E-state index is 12.6. The van der Waals surface area contributed by atoms with E-state index in [4.69, 9.17) is 10.00 Å². The maximum absolute atomic E-state index is 12.6. The van der Waals surface area contributed by atoms with E-state index < -0.39 is 6.10 Å². The molecule has 3 rings (SSSR count). The Morgan fingerprint density at radius 3 is 2.92 bits per heavy atom. The van der Waals surface area contributed by atoms with Gasteiger partial charge in [-0.05, 0) is 19.1 Å².